The Kier molecular flexibility index (Phi) is 7.42. The lowest BCUT2D eigenvalue weighted by Crippen LogP contribution is -2.34. The number of nitrogens with zero attached hydrogens (tertiary/aromatic N) is 3. The van der Waals surface area contributed by atoms with Gasteiger partial charge in [0, 0.05) is 21.4 Å². The van der Waals surface area contributed by atoms with Gasteiger partial charge in [0.15, 0.2) is 0 Å². The van der Waals surface area contributed by atoms with Gasteiger partial charge in [-0.1, -0.05) is 30.3 Å². The van der Waals surface area contributed by atoms with Crippen LogP contribution >= 0.6 is 34.3 Å². The van der Waals surface area contributed by atoms with E-state index in [1.54, 1.807) is 41.9 Å². The number of rotatable bonds is 9. The zero-order valence-corrected chi connectivity index (χ0v) is 21.7. The van der Waals surface area contributed by atoms with Gasteiger partial charge >= 0.3 is 0 Å². The molecule has 0 radical (unpaired) electrons. The molecule has 2 N–H and O–H groups in total. The molecule has 0 fully saturated rings. The third-order valence-electron chi connectivity index (χ3n) is 5.53. The van der Waals surface area contributed by atoms with E-state index in [1.165, 1.54) is 22.1 Å². The van der Waals surface area contributed by atoms with Crippen LogP contribution in [0.1, 0.15) is 34.0 Å². The van der Waals surface area contributed by atoms with Gasteiger partial charge in [0.1, 0.15) is 11.5 Å². The summed E-state index contributed by atoms with van der Waals surface area (Å²) >= 11 is 9.05. The first kappa shape index (κ1) is 25.1. The fourth-order valence-corrected chi connectivity index (χ4v) is 5.18. The maximum Gasteiger partial charge on any atom is 0.258 e. The smallest absolute Gasteiger partial charge is 0.258 e. The molecule has 0 aliphatic carbocycles. The highest BCUT2D eigenvalue weighted by atomic mass is 35.5. The number of aliphatic hydroxyl groups is 1. The average Bonchev–Trinajstić information content (AvgIpc) is 3.60. The maximum atomic E-state index is 13.3. The van der Waals surface area contributed by atoms with Crippen LogP contribution in [0.2, 0.25) is 4.34 Å². The number of halogens is 1. The quantitative estimate of drug-likeness (QED) is 0.301. The number of hydrogen-bond acceptors (Lipinski definition) is 7. The molecule has 0 atom stereocenters. The van der Waals surface area contributed by atoms with E-state index < -0.39 is 5.41 Å². The summed E-state index contributed by atoms with van der Waals surface area (Å²) in [5, 5.41) is 19.6. The van der Waals surface area contributed by atoms with Crippen molar-refractivity contribution in [3.63, 3.8) is 0 Å². The third-order valence-corrected chi connectivity index (χ3v) is 7.62. The molecular weight excluding hydrogens is 504 g/mol. The van der Waals surface area contributed by atoms with Crippen molar-refractivity contribution in [2.24, 2.45) is 5.41 Å². The normalized spacial score (nSPS) is 11.5. The monoisotopic (exact) mass is 528 g/mol. The van der Waals surface area contributed by atoms with Crippen molar-refractivity contribution in [3.8, 4) is 11.4 Å². The van der Waals surface area contributed by atoms with Crippen molar-refractivity contribution < 1.29 is 9.90 Å². The van der Waals surface area contributed by atoms with E-state index >= 15 is 0 Å². The maximum absolute atomic E-state index is 13.3. The Labute approximate surface area is 215 Å². The molecule has 0 aromatic carbocycles. The van der Waals surface area contributed by atoms with Crippen molar-refractivity contribution in [3.05, 3.63) is 84.4 Å². The van der Waals surface area contributed by atoms with Crippen LogP contribution in [-0.4, -0.2) is 32.0 Å². The number of carbonyl (C=O) groups is 1. The van der Waals surface area contributed by atoms with Gasteiger partial charge in [-0.3, -0.25) is 9.59 Å². The second-order valence-corrected chi connectivity index (χ2v) is 11.4. The Morgan fingerprint density at radius 1 is 1.26 bits per heavy atom. The summed E-state index contributed by atoms with van der Waals surface area (Å²) in [6, 6.07) is 12.9. The number of hydrogen-bond donors (Lipinski definition) is 2. The molecule has 4 rings (SSSR count). The molecule has 0 unspecified atom stereocenters. The van der Waals surface area contributed by atoms with Crippen molar-refractivity contribution in [1.29, 1.82) is 0 Å². The molecule has 7 nitrogen and oxygen atoms in total. The van der Waals surface area contributed by atoms with Gasteiger partial charge in [0.05, 0.1) is 35.1 Å². The molecule has 0 amide bonds. The minimum absolute atomic E-state index is 0.190. The zero-order chi connectivity index (χ0) is 25.2. The summed E-state index contributed by atoms with van der Waals surface area (Å²) in [5.41, 5.74) is 0.281. The third kappa shape index (κ3) is 5.33. The first-order chi connectivity index (χ1) is 16.7. The molecule has 4 heterocycles. The van der Waals surface area contributed by atoms with Crippen LogP contribution in [-0.2, 0) is 13.1 Å². The Morgan fingerprint density at radius 2 is 2.06 bits per heavy atom. The number of thiophene rings is 2. The topological polar surface area (TPSA) is 89.2 Å². The fraction of sp³-hybridized carbons (Fsp3) is 0.240. The minimum Gasteiger partial charge on any atom is -0.395 e. The van der Waals surface area contributed by atoms with Gasteiger partial charge in [-0.25, -0.2) is 0 Å². The van der Waals surface area contributed by atoms with Crippen molar-refractivity contribution in [1.82, 2.24) is 14.3 Å². The van der Waals surface area contributed by atoms with Gasteiger partial charge < -0.3 is 15.0 Å². The van der Waals surface area contributed by atoms with E-state index in [1.807, 2.05) is 35.7 Å². The first-order valence-electron chi connectivity index (χ1n) is 10.9. The molecular formula is C25H25ClN4O3S2. The summed E-state index contributed by atoms with van der Waals surface area (Å²) in [7, 11) is 0. The van der Waals surface area contributed by atoms with Gasteiger partial charge in [0.25, 0.3) is 11.5 Å². The summed E-state index contributed by atoms with van der Waals surface area (Å²) < 4.78 is 3.58. The molecule has 0 aliphatic rings. The number of nitrogens with one attached hydrogen (secondary N) is 1. The number of pyridine rings is 1. The van der Waals surface area contributed by atoms with Crippen molar-refractivity contribution in [2.45, 2.75) is 26.9 Å². The van der Waals surface area contributed by atoms with E-state index in [2.05, 4.69) is 17.0 Å². The Hall–Kier alpha value is -2.98. The van der Waals surface area contributed by atoms with Crippen LogP contribution in [0.25, 0.3) is 17.5 Å². The SMILES string of the molecule is C=Cc1ccc(-c2cc(NCc3ccc(Cl)s3)n(C(=O)C(C)(C)CO)n2)n(Cc2cccs2)c1=O. The molecule has 0 aliphatic heterocycles. The molecule has 4 aromatic rings. The Morgan fingerprint density at radius 3 is 2.69 bits per heavy atom. The van der Waals surface area contributed by atoms with E-state index in [9.17, 15) is 14.7 Å². The van der Waals surface area contributed by atoms with Crippen LogP contribution in [0.4, 0.5) is 5.82 Å². The van der Waals surface area contributed by atoms with E-state index in [-0.39, 0.29) is 18.1 Å². The lowest BCUT2D eigenvalue weighted by molar-refractivity contribution is 0.0616. The molecule has 182 valence electrons. The van der Waals surface area contributed by atoms with E-state index in [0.29, 0.717) is 40.2 Å². The second kappa shape index (κ2) is 10.3. The van der Waals surface area contributed by atoms with Gasteiger partial charge in [0.2, 0.25) is 0 Å². The largest absolute Gasteiger partial charge is 0.395 e. The molecule has 0 saturated heterocycles. The Balaban J connectivity index is 1.81. The van der Waals surface area contributed by atoms with Crippen molar-refractivity contribution >= 4 is 52.1 Å². The predicted octanol–water partition coefficient (Wildman–Crippen LogP) is 5.45. The summed E-state index contributed by atoms with van der Waals surface area (Å²) in [5.74, 6) is 0.0896. The summed E-state index contributed by atoms with van der Waals surface area (Å²) in [6.45, 7) is 7.53. The zero-order valence-electron chi connectivity index (χ0n) is 19.3. The number of carbonyl (C=O) groups excluding carboxylic acids is 1. The van der Waals surface area contributed by atoms with Crippen LogP contribution in [0.3, 0.4) is 0 Å². The fourth-order valence-electron chi connectivity index (χ4n) is 3.46. The Bertz CT molecular complexity index is 1420. The van der Waals surface area contributed by atoms with Crippen LogP contribution in [0, 0.1) is 5.41 Å². The highest BCUT2D eigenvalue weighted by molar-refractivity contribution is 7.16. The number of anilines is 1. The lowest BCUT2D eigenvalue weighted by Gasteiger charge is -2.20. The lowest BCUT2D eigenvalue weighted by atomic mass is 9.94. The van der Waals surface area contributed by atoms with Gasteiger partial charge in [-0.15, -0.1) is 22.7 Å². The first-order valence-corrected chi connectivity index (χ1v) is 12.9. The molecule has 10 heteroatoms. The van der Waals surface area contributed by atoms with E-state index in [0.717, 1.165) is 9.75 Å². The molecule has 35 heavy (non-hydrogen) atoms. The number of aliphatic hydroxyl groups excluding tert-OH is 1. The van der Waals surface area contributed by atoms with Crippen molar-refractivity contribution in [2.75, 3.05) is 11.9 Å². The van der Waals surface area contributed by atoms with Gasteiger partial charge in [-0.05, 0) is 49.6 Å². The van der Waals surface area contributed by atoms with Crippen LogP contribution < -0.4 is 10.9 Å². The van der Waals surface area contributed by atoms with E-state index in [4.69, 9.17) is 11.6 Å². The highest BCUT2D eigenvalue weighted by Gasteiger charge is 2.31. The molecule has 0 spiro atoms. The minimum atomic E-state index is -1.05. The molecule has 0 bridgehead atoms. The van der Waals surface area contributed by atoms with Crippen LogP contribution in [0.5, 0.6) is 0 Å². The molecule has 4 aromatic heterocycles. The highest BCUT2D eigenvalue weighted by Crippen LogP contribution is 2.28. The summed E-state index contributed by atoms with van der Waals surface area (Å²) in [4.78, 5) is 28.5. The summed E-state index contributed by atoms with van der Waals surface area (Å²) in [6.07, 6.45) is 1.53. The predicted molar refractivity (Wildman–Crippen MR) is 144 cm³/mol. The number of aromatic nitrogens is 3. The molecule has 0 saturated carbocycles. The average molecular weight is 529 g/mol. The second-order valence-electron chi connectivity index (χ2n) is 8.58. The van der Waals surface area contributed by atoms with Gasteiger partial charge in [-0.2, -0.15) is 9.78 Å². The van der Waals surface area contributed by atoms with Crippen LogP contribution in [0.15, 0.2) is 59.2 Å². The standard InChI is InChI=1S/C25H25ClN4O3S2/c1-4-16-7-9-20(29(23(16)32)14-18-6-5-11-34-18)19-12-22(27-13-17-8-10-21(26)35-17)30(28-19)24(33)25(2,3)15-31/h4-12,27,31H,1,13-15H2,2-3H3.